The van der Waals surface area contributed by atoms with E-state index in [1.165, 1.54) is 12.8 Å². The second kappa shape index (κ2) is 10.6. The van der Waals surface area contributed by atoms with E-state index in [-0.39, 0.29) is 12.5 Å². The van der Waals surface area contributed by atoms with Crippen molar-refractivity contribution in [1.82, 2.24) is 20.4 Å². The largest absolute Gasteiger partial charge is 0.382 e. The van der Waals surface area contributed by atoms with Crippen LogP contribution < -0.4 is 10.6 Å². The number of guanidine groups is 1. The monoisotopic (exact) mass is 353 g/mol. The molecule has 144 valence electrons. The smallest absolute Gasteiger partial charge is 0.243 e. The molecule has 2 fully saturated rings. The van der Waals surface area contributed by atoms with Crippen LogP contribution in [0.15, 0.2) is 4.99 Å². The molecule has 0 aromatic rings. The van der Waals surface area contributed by atoms with Gasteiger partial charge in [-0.05, 0) is 39.0 Å². The molecule has 1 aliphatic carbocycles. The van der Waals surface area contributed by atoms with Gasteiger partial charge >= 0.3 is 0 Å². The summed E-state index contributed by atoms with van der Waals surface area (Å²) < 4.78 is 5.37. The molecule has 0 atom stereocenters. The van der Waals surface area contributed by atoms with Crippen LogP contribution in [0.2, 0.25) is 0 Å². The summed E-state index contributed by atoms with van der Waals surface area (Å²) in [6.45, 7) is 6.79. The van der Waals surface area contributed by atoms with E-state index in [0.29, 0.717) is 6.04 Å². The lowest BCUT2D eigenvalue weighted by atomic mass is 10.1. The van der Waals surface area contributed by atoms with Crippen molar-refractivity contribution in [3.63, 3.8) is 0 Å². The van der Waals surface area contributed by atoms with Crippen LogP contribution in [0.25, 0.3) is 0 Å². The number of likely N-dealkylation sites (N-methyl/N-ethyl adjacent to an activating group) is 1. The van der Waals surface area contributed by atoms with Gasteiger partial charge in [0.05, 0.1) is 0 Å². The molecular formula is C18H35N5O2. The Morgan fingerprint density at radius 3 is 2.56 bits per heavy atom. The van der Waals surface area contributed by atoms with Gasteiger partial charge in [0, 0.05) is 59.0 Å². The fraction of sp³-hybridized carbons (Fsp3) is 0.889. The molecule has 2 N–H and O–H groups in total. The zero-order chi connectivity index (χ0) is 18.1. The molecule has 0 spiro atoms. The summed E-state index contributed by atoms with van der Waals surface area (Å²) in [4.78, 5) is 20.5. The Hall–Kier alpha value is -1.34. The number of carbonyl (C=O) groups excluding carboxylic acids is 1. The molecule has 0 aromatic carbocycles. The third kappa shape index (κ3) is 7.61. The molecule has 1 amide bonds. The first-order chi connectivity index (χ1) is 12.1. The average molecular weight is 354 g/mol. The Morgan fingerprint density at radius 2 is 1.96 bits per heavy atom. The minimum Gasteiger partial charge on any atom is -0.382 e. The standard InChI is InChI=1S/C18H35N5O2/c1-4-25-13-5-10-19-18(20-14-17(24)22(2)3)21-15-8-11-23(12-9-15)16-6-7-16/h15-16H,4-14H2,1-3H3,(H2,19,20,21). The Bertz CT molecular complexity index is 429. The van der Waals surface area contributed by atoms with Crippen LogP contribution in [-0.4, -0.2) is 87.2 Å². The number of rotatable bonds is 9. The second-order valence-corrected chi connectivity index (χ2v) is 7.12. The first-order valence-corrected chi connectivity index (χ1v) is 9.67. The first-order valence-electron chi connectivity index (χ1n) is 9.67. The molecule has 2 rings (SSSR count). The third-order valence-corrected chi connectivity index (χ3v) is 4.77. The summed E-state index contributed by atoms with van der Waals surface area (Å²) in [5.41, 5.74) is 0. The van der Waals surface area contributed by atoms with Crippen molar-refractivity contribution in [2.45, 2.75) is 51.1 Å². The molecule has 0 unspecified atom stereocenters. The number of hydrogen-bond donors (Lipinski definition) is 2. The van der Waals surface area contributed by atoms with Gasteiger partial charge in [-0.2, -0.15) is 0 Å². The molecular weight excluding hydrogens is 318 g/mol. The highest BCUT2D eigenvalue weighted by Crippen LogP contribution is 2.29. The number of nitrogens with one attached hydrogen (secondary N) is 2. The third-order valence-electron chi connectivity index (χ3n) is 4.77. The van der Waals surface area contributed by atoms with Crippen LogP contribution in [-0.2, 0) is 9.53 Å². The zero-order valence-electron chi connectivity index (χ0n) is 16.1. The van der Waals surface area contributed by atoms with Crippen LogP contribution in [0, 0.1) is 0 Å². The van der Waals surface area contributed by atoms with Crippen LogP contribution in [0.1, 0.15) is 39.0 Å². The number of hydrogen-bond acceptors (Lipinski definition) is 4. The van der Waals surface area contributed by atoms with Crippen molar-refractivity contribution >= 4 is 11.9 Å². The normalized spacial score (nSPS) is 19.7. The number of aliphatic imine (C=N–C) groups is 1. The van der Waals surface area contributed by atoms with Crippen LogP contribution in [0.4, 0.5) is 0 Å². The number of carbonyl (C=O) groups is 1. The lowest BCUT2D eigenvalue weighted by Gasteiger charge is -2.33. The van der Waals surface area contributed by atoms with Crippen molar-refractivity contribution in [3.05, 3.63) is 0 Å². The summed E-state index contributed by atoms with van der Waals surface area (Å²) in [6, 6.07) is 1.28. The van der Waals surface area contributed by atoms with Crippen molar-refractivity contribution in [1.29, 1.82) is 0 Å². The Labute approximate surface area is 152 Å². The molecule has 1 aliphatic heterocycles. The lowest BCUT2D eigenvalue weighted by molar-refractivity contribution is -0.127. The maximum absolute atomic E-state index is 11.8. The summed E-state index contributed by atoms with van der Waals surface area (Å²) in [6.07, 6.45) is 5.95. The van der Waals surface area contributed by atoms with Gasteiger partial charge in [0.15, 0.2) is 5.96 Å². The molecule has 7 nitrogen and oxygen atoms in total. The molecule has 0 bridgehead atoms. The van der Waals surface area contributed by atoms with Crippen molar-refractivity contribution < 1.29 is 9.53 Å². The van der Waals surface area contributed by atoms with Crippen LogP contribution in [0.5, 0.6) is 0 Å². The number of ether oxygens (including phenoxy) is 1. The lowest BCUT2D eigenvalue weighted by Crippen LogP contribution is -2.49. The van der Waals surface area contributed by atoms with Gasteiger partial charge in [0.1, 0.15) is 6.54 Å². The van der Waals surface area contributed by atoms with E-state index in [0.717, 1.165) is 64.1 Å². The highest BCUT2D eigenvalue weighted by atomic mass is 16.5. The minimum atomic E-state index is 0.0129. The van der Waals surface area contributed by atoms with E-state index in [4.69, 9.17) is 4.74 Å². The van der Waals surface area contributed by atoms with Crippen molar-refractivity contribution in [3.8, 4) is 0 Å². The van der Waals surface area contributed by atoms with Crippen LogP contribution >= 0.6 is 0 Å². The van der Waals surface area contributed by atoms with Gasteiger partial charge < -0.3 is 25.2 Å². The van der Waals surface area contributed by atoms with Gasteiger partial charge in [-0.1, -0.05) is 0 Å². The predicted octanol–water partition coefficient (Wildman–Crippen LogP) is 0.663. The Balaban J connectivity index is 1.77. The van der Waals surface area contributed by atoms with Gasteiger partial charge in [0.2, 0.25) is 5.91 Å². The number of piperidine rings is 1. The summed E-state index contributed by atoms with van der Waals surface area (Å²) in [5.74, 6) is 0.760. The van der Waals surface area contributed by atoms with E-state index >= 15 is 0 Å². The molecule has 0 radical (unpaired) electrons. The molecule has 2 aliphatic rings. The van der Waals surface area contributed by atoms with Crippen molar-refractivity contribution in [2.24, 2.45) is 4.99 Å². The molecule has 1 saturated carbocycles. The second-order valence-electron chi connectivity index (χ2n) is 7.12. The predicted molar refractivity (Wildman–Crippen MR) is 101 cm³/mol. The Morgan fingerprint density at radius 1 is 1.24 bits per heavy atom. The van der Waals surface area contributed by atoms with E-state index in [1.807, 2.05) is 6.92 Å². The molecule has 25 heavy (non-hydrogen) atoms. The van der Waals surface area contributed by atoms with Gasteiger partial charge in [-0.15, -0.1) is 0 Å². The SMILES string of the molecule is CCOCCCNC(=NCC(=O)N(C)C)NC1CCN(C2CC2)CC1. The fourth-order valence-corrected chi connectivity index (χ4v) is 3.01. The molecule has 1 saturated heterocycles. The Kier molecular flexibility index (Phi) is 8.48. The quantitative estimate of drug-likeness (QED) is 0.362. The summed E-state index contributed by atoms with van der Waals surface area (Å²) >= 11 is 0. The summed E-state index contributed by atoms with van der Waals surface area (Å²) in [7, 11) is 3.52. The molecule has 0 aromatic heterocycles. The maximum atomic E-state index is 11.8. The van der Waals surface area contributed by atoms with Gasteiger partial charge in [0.25, 0.3) is 0 Å². The van der Waals surface area contributed by atoms with Crippen LogP contribution in [0.3, 0.4) is 0 Å². The van der Waals surface area contributed by atoms with Crippen molar-refractivity contribution in [2.75, 3.05) is 53.5 Å². The summed E-state index contributed by atoms with van der Waals surface area (Å²) in [5, 5.41) is 6.86. The van der Waals surface area contributed by atoms with E-state index in [1.54, 1.807) is 19.0 Å². The first kappa shape index (κ1) is 20.0. The topological polar surface area (TPSA) is 69.2 Å². The van der Waals surface area contributed by atoms with E-state index < -0.39 is 0 Å². The zero-order valence-corrected chi connectivity index (χ0v) is 16.1. The number of likely N-dealkylation sites (tertiary alicyclic amines) is 1. The van der Waals surface area contributed by atoms with Gasteiger partial charge in [-0.25, -0.2) is 4.99 Å². The molecule has 1 heterocycles. The number of amides is 1. The molecule has 7 heteroatoms. The van der Waals surface area contributed by atoms with E-state index in [2.05, 4.69) is 20.5 Å². The van der Waals surface area contributed by atoms with Gasteiger partial charge in [-0.3, -0.25) is 4.79 Å². The highest BCUT2D eigenvalue weighted by Gasteiger charge is 2.31. The average Bonchev–Trinajstić information content (AvgIpc) is 3.44. The fourth-order valence-electron chi connectivity index (χ4n) is 3.01. The van der Waals surface area contributed by atoms with E-state index in [9.17, 15) is 4.79 Å². The minimum absolute atomic E-state index is 0.0129. The number of nitrogens with zero attached hydrogens (tertiary/aromatic N) is 3. The highest BCUT2D eigenvalue weighted by molar-refractivity contribution is 5.84. The maximum Gasteiger partial charge on any atom is 0.243 e.